The van der Waals surface area contributed by atoms with Gasteiger partial charge in [0.1, 0.15) is 0 Å². The van der Waals surface area contributed by atoms with E-state index < -0.39 is 0 Å². The standard InChI is InChI=1S/C19H21Cl2N3O.ClH/c20-16-7-6-14(11-17(16)21)3-1-5-19(25)24-10-9-23-13-18(24)15-4-2-8-22-12-15;/h2,4,6-8,11-12,18,23H,1,3,5,9-10,13H2;1H. The quantitative estimate of drug-likeness (QED) is 0.793. The highest BCUT2D eigenvalue weighted by molar-refractivity contribution is 6.42. The Hall–Kier alpha value is -1.33. The van der Waals surface area contributed by atoms with Gasteiger partial charge in [-0.1, -0.05) is 35.3 Å². The number of piperazine rings is 1. The number of halogens is 3. The molecule has 26 heavy (non-hydrogen) atoms. The van der Waals surface area contributed by atoms with Crippen LogP contribution < -0.4 is 5.32 Å². The number of benzene rings is 1. The fourth-order valence-electron chi connectivity index (χ4n) is 3.16. The third kappa shape index (κ3) is 5.34. The molecular weight excluding hydrogens is 393 g/mol. The van der Waals surface area contributed by atoms with Gasteiger partial charge in [-0.2, -0.15) is 0 Å². The van der Waals surface area contributed by atoms with Crippen molar-refractivity contribution in [2.75, 3.05) is 19.6 Å². The molecule has 3 rings (SSSR count). The van der Waals surface area contributed by atoms with E-state index in [1.807, 2.05) is 35.4 Å². The van der Waals surface area contributed by atoms with Crippen LogP contribution in [0.4, 0.5) is 0 Å². The van der Waals surface area contributed by atoms with E-state index in [1.54, 1.807) is 12.3 Å². The molecule has 4 nitrogen and oxygen atoms in total. The zero-order valence-electron chi connectivity index (χ0n) is 14.3. The summed E-state index contributed by atoms with van der Waals surface area (Å²) >= 11 is 12.0. The number of amides is 1. The molecule has 2 heterocycles. The Morgan fingerprint density at radius 3 is 2.85 bits per heavy atom. The van der Waals surface area contributed by atoms with Crippen LogP contribution in [0.2, 0.25) is 10.0 Å². The first-order chi connectivity index (χ1) is 12.1. The number of aryl methyl sites for hydroxylation is 1. The van der Waals surface area contributed by atoms with Crippen molar-refractivity contribution in [3.8, 4) is 0 Å². The number of nitrogens with one attached hydrogen (secondary N) is 1. The van der Waals surface area contributed by atoms with Gasteiger partial charge in [0.15, 0.2) is 0 Å². The minimum absolute atomic E-state index is 0. The Labute approximate surface area is 170 Å². The van der Waals surface area contributed by atoms with Crippen LogP contribution in [0.15, 0.2) is 42.7 Å². The molecule has 1 unspecified atom stereocenters. The number of nitrogens with zero attached hydrogens (tertiary/aromatic N) is 2. The van der Waals surface area contributed by atoms with Crippen LogP contribution in [-0.4, -0.2) is 35.4 Å². The lowest BCUT2D eigenvalue weighted by Crippen LogP contribution is -2.48. The first kappa shape index (κ1) is 21.0. The van der Waals surface area contributed by atoms with Gasteiger partial charge in [-0.15, -0.1) is 12.4 Å². The molecule has 1 fully saturated rings. The largest absolute Gasteiger partial charge is 0.333 e. The summed E-state index contributed by atoms with van der Waals surface area (Å²) in [6, 6.07) is 9.63. The van der Waals surface area contributed by atoms with Crippen molar-refractivity contribution in [1.82, 2.24) is 15.2 Å². The Bertz CT molecular complexity index is 727. The van der Waals surface area contributed by atoms with Crippen molar-refractivity contribution < 1.29 is 4.79 Å². The van der Waals surface area contributed by atoms with Crippen LogP contribution in [0.5, 0.6) is 0 Å². The smallest absolute Gasteiger partial charge is 0.223 e. The predicted molar refractivity (Wildman–Crippen MR) is 108 cm³/mol. The summed E-state index contributed by atoms with van der Waals surface area (Å²) in [6.07, 6.45) is 5.72. The monoisotopic (exact) mass is 413 g/mol. The minimum Gasteiger partial charge on any atom is -0.333 e. The van der Waals surface area contributed by atoms with Crippen LogP contribution in [0.1, 0.15) is 30.0 Å². The van der Waals surface area contributed by atoms with Crippen molar-refractivity contribution in [3.63, 3.8) is 0 Å². The number of pyridine rings is 1. The lowest BCUT2D eigenvalue weighted by molar-refractivity contribution is -0.134. The van der Waals surface area contributed by atoms with Crippen LogP contribution >= 0.6 is 35.6 Å². The molecule has 0 saturated carbocycles. The molecule has 1 aromatic heterocycles. The molecule has 0 bridgehead atoms. The number of carbonyl (C=O) groups excluding carboxylic acids is 1. The van der Waals surface area contributed by atoms with Gasteiger partial charge in [-0.25, -0.2) is 0 Å². The van der Waals surface area contributed by atoms with Crippen LogP contribution in [0.3, 0.4) is 0 Å². The van der Waals surface area contributed by atoms with Crippen molar-refractivity contribution >= 4 is 41.5 Å². The predicted octanol–water partition coefficient (Wildman–Crippen LogP) is 4.31. The topological polar surface area (TPSA) is 45.2 Å². The molecule has 1 aliphatic rings. The number of aromatic nitrogens is 1. The fourth-order valence-corrected chi connectivity index (χ4v) is 3.48. The zero-order chi connectivity index (χ0) is 17.6. The van der Waals surface area contributed by atoms with E-state index in [2.05, 4.69) is 10.3 Å². The summed E-state index contributed by atoms with van der Waals surface area (Å²) in [5.74, 6) is 0.190. The molecule has 1 N–H and O–H groups in total. The molecule has 1 saturated heterocycles. The Morgan fingerprint density at radius 2 is 2.12 bits per heavy atom. The maximum absolute atomic E-state index is 12.7. The molecule has 1 aliphatic heterocycles. The van der Waals surface area contributed by atoms with E-state index >= 15 is 0 Å². The molecule has 0 radical (unpaired) electrons. The van der Waals surface area contributed by atoms with Crippen molar-refractivity contribution in [3.05, 3.63) is 63.9 Å². The lowest BCUT2D eigenvalue weighted by Gasteiger charge is -2.36. The Kier molecular flexibility index (Phi) is 8.16. The molecule has 7 heteroatoms. The summed E-state index contributed by atoms with van der Waals surface area (Å²) in [4.78, 5) is 18.9. The molecular formula is C19H22Cl3N3O. The molecule has 140 valence electrons. The molecule has 2 aromatic rings. The second kappa shape index (κ2) is 10.1. The van der Waals surface area contributed by atoms with Gasteiger partial charge in [0.25, 0.3) is 0 Å². The second-order valence-corrected chi connectivity index (χ2v) is 7.01. The van der Waals surface area contributed by atoms with E-state index in [0.717, 1.165) is 43.6 Å². The second-order valence-electron chi connectivity index (χ2n) is 6.20. The third-order valence-electron chi connectivity index (χ3n) is 4.47. The molecule has 1 amide bonds. The Morgan fingerprint density at radius 1 is 1.27 bits per heavy atom. The average molecular weight is 415 g/mol. The maximum atomic E-state index is 12.7. The van der Waals surface area contributed by atoms with Gasteiger partial charge in [0.2, 0.25) is 5.91 Å². The van der Waals surface area contributed by atoms with Crippen LogP contribution in [0.25, 0.3) is 0 Å². The highest BCUT2D eigenvalue weighted by Crippen LogP contribution is 2.25. The van der Waals surface area contributed by atoms with Crippen LogP contribution in [-0.2, 0) is 11.2 Å². The van der Waals surface area contributed by atoms with E-state index in [1.165, 1.54) is 0 Å². The summed E-state index contributed by atoms with van der Waals surface area (Å²) in [5, 5.41) is 4.48. The van der Waals surface area contributed by atoms with E-state index in [0.29, 0.717) is 16.5 Å². The fraction of sp³-hybridized carbons (Fsp3) is 0.368. The minimum atomic E-state index is 0. The number of carbonyl (C=O) groups is 1. The van der Waals surface area contributed by atoms with Gasteiger partial charge < -0.3 is 10.2 Å². The normalized spacial score (nSPS) is 16.8. The highest BCUT2D eigenvalue weighted by atomic mass is 35.5. The summed E-state index contributed by atoms with van der Waals surface area (Å²) in [5.41, 5.74) is 2.18. The lowest BCUT2D eigenvalue weighted by atomic mass is 10.0. The first-order valence-corrected chi connectivity index (χ1v) is 9.25. The summed E-state index contributed by atoms with van der Waals surface area (Å²) < 4.78 is 0. The van der Waals surface area contributed by atoms with Crippen molar-refractivity contribution in [2.24, 2.45) is 0 Å². The van der Waals surface area contributed by atoms with Gasteiger partial charge >= 0.3 is 0 Å². The molecule has 1 atom stereocenters. The summed E-state index contributed by atoms with van der Waals surface area (Å²) in [6.45, 7) is 2.32. The van der Waals surface area contributed by atoms with Crippen molar-refractivity contribution in [2.45, 2.75) is 25.3 Å². The SMILES string of the molecule is Cl.O=C(CCCc1ccc(Cl)c(Cl)c1)N1CCNCC1c1cccnc1. The highest BCUT2D eigenvalue weighted by Gasteiger charge is 2.27. The maximum Gasteiger partial charge on any atom is 0.223 e. The Balaban J connectivity index is 0.00000243. The van der Waals surface area contributed by atoms with Gasteiger partial charge in [-0.3, -0.25) is 9.78 Å². The number of hydrogen-bond donors (Lipinski definition) is 1. The number of hydrogen-bond acceptors (Lipinski definition) is 3. The zero-order valence-corrected chi connectivity index (χ0v) is 16.7. The average Bonchev–Trinajstić information content (AvgIpc) is 2.65. The van der Waals surface area contributed by atoms with E-state index in [9.17, 15) is 4.79 Å². The van der Waals surface area contributed by atoms with Crippen LogP contribution in [0, 0.1) is 0 Å². The summed E-state index contributed by atoms with van der Waals surface area (Å²) in [7, 11) is 0. The third-order valence-corrected chi connectivity index (χ3v) is 5.21. The molecule has 0 spiro atoms. The molecule has 1 aromatic carbocycles. The van der Waals surface area contributed by atoms with Gasteiger partial charge in [0, 0.05) is 38.4 Å². The van der Waals surface area contributed by atoms with E-state index in [-0.39, 0.29) is 24.4 Å². The first-order valence-electron chi connectivity index (χ1n) is 8.49. The van der Waals surface area contributed by atoms with Gasteiger partial charge in [0.05, 0.1) is 16.1 Å². The van der Waals surface area contributed by atoms with E-state index in [4.69, 9.17) is 23.2 Å². The molecule has 0 aliphatic carbocycles. The van der Waals surface area contributed by atoms with Gasteiger partial charge in [-0.05, 0) is 42.2 Å². The van der Waals surface area contributed by atoms with Crippen molar-refractivity contribution in [1.29, 1.82) is 0 Å². The number of rotatable bonds is 5.